The second kappa shape index (κ2) is 13.6. The minimum absolute atomic E-state index is 0.0951. The van der Waals surface area contributed by atoms with Crippen molar-refractivity contribution in [1.82, 2.24) is 5.32 Å². The summed E-state index contributed by atoms with van der Waals surface area (Å²) in [6.07, 6.45) is 1.74. The van der Waals surface area contributed by atoms with Crippen molar-refractivity contribution in [1.29, 1.82) is 0 Å². The van der Waals surface area contributed by atoms with Crippen LogP contribution in [0.25, 0.3) is 6.08 Å². The average Bonchev–Trinajstić information content (AvgIpc) is 3.30. The van der Waals surface area contributed by atoms with Gasteiger partial charge in [0.05, 0.1) is 10.9 Å². The normalized spacial score (nSPS) is 15.0. The van der Waals surface area contributed by atoms with Crippen LogP contribution in [0.4, 0.5) is 11.4 Å². The number of nitrogens with zero attached hydrogens (tertiary/aromatic N) is 1. The zero-order chi connectivity index (χ0) is 31.2. The maximum absolute atomic E-state index is 13.3. The Labute approximate surface area is 261 Å². The van der Waals surface area contributed by atoms with Crippen LogP contribution in [-0.2, 0) is 14.4 Å². The molecule has 0 bridgehead atoms. The van der Waals surface area contributed by atoms with E-state index in [0.29, 0.717) is 22.9 Å². The molecule has 0 radical (unpaired) electrons. The van der Waals surface area contributed by atoms with Gasteiger partial charge in [0.1, 0.15) is 5.70 Å². The number of carbonyl (C=O) groups is 4. The number of anilines is 2. The summed E-state index contributed by atoms with van der Waals surface area (Å²) >= 11 is 1.32. The molecule has 1 heterocycles. The fourth-order valence-corrected chi connectivity index (χ4v) is 5.78. The molecule has 1 atom stereocenters. The van der Waals surface area contributed by atoms with Gasteiger partial charge in [-0.05, 0) is 78.6 Å². The van der Waals surface area contributed by atoms with Crippen molar-refractivity contribution in [2.45, 2.75) is 43.3 Å². The van der Waals surface area contributed by atoms with Crippen LogP contribution in [0.5, 0.6) is 0 Å². The summed E-state index contributed by atoms with van der Waals surface area (Å²) in [5.74, 6) is -0.986. The fraction of sp³-hybridized carbons (Fsp3) is 0.167. The molecule has 222 valence electrons. The molecule has 1 saturated heterocycles. The Morgan fingerprint density at radius 1 is 0.864 bits per heavy atom. The topological polar surface area (TPSA) is 95.6 Å². The maximum atomic E-state index is 13.3. The van der Waals surface area contributed by atoms with Gasteiger partial charge in [0.15, 0.2) is 0 Å². The smallest absolute Gasteiger partial charge is 0.272 e. The third kappa shape index (κ3) is 7.33. The van der Waals surface area contributed by atoms with Crippen LogP contribution < -0.4 is 15.5 Å². The molecule has 2 N–H and O–H groups in total. The summed E-state index contributed by atoms with van der Waals surface area (Å²) in [6.45, 7) is 6.16. The zero-order valence-electron chi connectivity index (χ0n) is 24.7. The number of hydrogen-bond donors (Lipinski definition) is 2. The molecule has 4 aromatic rings. The molecule has 0 saturated carbocycles. The molecule has 0 spiro atoms. The number of benzene rings is 4. The van der Waals surface area contributed by atoms with E-state index in [-0.39, 0.29) is 23.9 Å². The molecule has 44 heavy (non-hydrogen) atoms. The zero-order valence-corrected chi connectivity index (χ0v) is 25.6. The highest BCUT2D eigenvalue weighted by Gasteiger charge is 2.40. The summed E-state index contributed by atoms with van der Waals surface area (Å²) in [6, 6.07) is 30.9. The van der Waals surface area contributed by atoms with Crippen LogP contribution in [0.3, 0.4) is 0 Å². The van der Waals surface area contributed by atoms with Gasteiger partial charge >= 0.3 is 0 Å². The van der Waals surface area contributed by atoms with E-state index < -0.39 is 17.1 Å². The van der Waals surface area contributed by atoms with Gasteiger partial charge in [0, 0.05) is 22.6 Å². The lowest BCUT2D eigenvalue weighted by molar-refractivity contribution is -0.121. The van der Waals surface area contributed by atoms with Crippen LogP contribution in [0.15, 0.2) is 114 Å². The van der Waals surface area contributed by atoms with Crippen LogP contribution in [0, 0.1) is 6.92 Å². The Morgan fingerprint density at radius 3 is 2.16 bits per heavy atom. The van der Waals surface area contributed by atoms with Crippen molar-refractivity contribution in [2.75, 3.05) is 10.2 Å². The van der Waals surface area contributed by atoms with E-state index in [0.717, 1.165) is 21.6 Å². The Morgan fingerprint density at radius 2 is 1.52 bits per heavy atom. The molecule has 1 fully saturated rings. The number of carbonyl (C=O) groups excluding carboxylic acids is 4. The monoisotopic (exact) mass is 603 g/mol. The van der Waals surface area contributed by atoms with Gasteiger partial charge in [-0.1, -0.05) is 74.0 Å². The first kappa shape index (κ1) is 30.5. The molecule has 4 aromatic carbocycles. The average molecular weight is 604 g/mol. The molecule has 1 aliphatic rings. The molecule has 1 unspecified atom stereocenters. The van der Waals surface area contributed by atoms with E-state index in [4.69, 9.17) is 0 Å². The SMILES string of the molecule is Cc1ccc(/C=C(\NC(=O)c2ccccc2)C(=O)Nc2ccc(SC3CC(=O)N(c4ccc(C(C)C)cc4)C3=O)cc2)cc1. The number of amides is 4. The summed E-state index contributed by atoms with van der Waals surface area (Å²) < 4.78 is 0. The van der Waals surface area contributed by atoms with E-state index in [1.807, 2.05) is 61.5 Å². The fourth-order valence-electron chi connectivity index (χ4n) is 4.73. The van der Waals surface area contributed by atoms with Crippen molar-refractivity contribution in [3.05, 3.63) is 131 Å². The molecule has 0 aromatic heterocycles. The molecule has 4 amide bonds. The lowest BCUT2D eigenvalue weighted by Crippen LogP contribution is -2.31. The van der Waals surface area contributed by atoms with E-state index in [2.05, 4.69) is 24.5 Å². The Kier molecular flexibility index (Phi) is 9.41. The van der Waals surface area contributed by atoms with Crippen LogP contribution >= 0.6 is 11.8 Å². The number of nitrogens with one attached hydrogen (secondary N) is 2. The van der Waals surface area contributed by atoms with Crippen LogP contribution in [0.2, 0.25) is 0 Å². The first-order chi connectivity index (χ1) is 21.2. The van der Waals surface area contributed by atoms with Crippen molar-refractivity contribution in [3.63, 3.8) is 0 Å². The van der Waals surface area contributed by atoms with Crippen molar-refractivity contribution in [2.24, 2.45) is 0 Å². The highest BCUT2D eigenvalue weighted by Crippen LogP contribution is 2.35. The van der Waals surface area contributed by atoms with Crippen LogP contribution in [0.1, 0.15) is 53.2 Å². The van der Waals surface area contributed by atoms with Gasteiger partial charge in [-0.15, -0.1) is 11.8 Å². The molecule has 7 nitrogen and oxygen atoms in total. The van der Waals surface area contributed by atoms with Crippen molar-refractivity contribution in [3.8, 4) is 0 Å². The molecular formula is C36H33N3O4S. The highest BCUT2D eigenvalue weighted by atomic mass is 32.2. The van der Waals surface area contributed by atoms with Crippen molar-refractivity contribution < 1.29 is 19.2 Å². The Bertz CT molecular complexity index is 1700. The number of aryl methyl sites for hydroxylation is 1. The standard InChI is InChI=1S/C36H33N3O4S/c1-23(2)26-13-17-29(18-14-26)39-33(40)22-32(36(39)43)44-30-19-15-28(16-20-30)37-35(42)31(21-25-11-9-24(3)10-12-25)38-34(41)27-7-5-4-6-8-27/h4-21,23,32H,22H2,1-3H3,(H,37,42)(H,38,41)/b31-21-. The third-order valence-electron chi connectivity index (χ3n) is 7.23. The van der Waals surface area contributed by atoms with E-state index in [9.17, 15) is 19.2 Å². The van der Waals surface area contributed by atoms with E-state index in [1.165, 1.54) is 16.7 Å². The van der Waals surface area contributed by atoms with Crippen molar-refractivity contribution >= 4 is 52.8 Å². The molecule has 0 aliphatic carbocycles. The second-order valence-corrected chi connectivity index (χ2v) is 12.2. The summed E-state index contributed by atoms with van der Waals surface area (Å²) in [5, 5.41) is 5.05. The molecule has 8 heteroatoms. The number of thioether (sulfide) groups is 1. The lowest BCUT2D eigenvalue weighted by atomic mass is 10.0. The van der Waals surface area contributed by atoms with Crippen LogP contribution in [-0.4, -0.2) is 28.9 Å². The Balaban J connectivity index is 1.26. The first-order valence-electron chi connectivity index (χ1n) is 14.4. The summed E-state index contributed by atoms with van der Waals surface area (Å²) in [5.41, 5.74) is 4.61. The minimum Gasteiger partial charge on any atom is -0.321 e. The minimum atomic E-state index is -0.537. The molecular weight excluding hydrogens is 570 g/mol. The number of rotatable bonds is 9. The first-order valence-corrected chi connectivity index (χ1v) is 15.3. The van der Waals surface area contributed by atoms with Gasteiger partial charge in [-0.25, -0.2) is 4.90 Å². The van der Waals surface area contributed by atoms with Gasteiger partial charge < -0.3 is 10.6 Å². The third-order valence-corrected chi connectivity index (χ3v) is 8.43. The van der Waals surface area contributed by atoms with Gasteiger partial charge in [-0.2, -0.15) is 0 Å². The number of hydrogen-bond acceptors (Lipinski definition) is 5. The molecule has 5 rings (SSSR count). The summed E-state index contributed by atoms with van der Waals surface area (Å²) in [4.78, 5) is 54.2. The molecule has 1 aliphatic heterocycles. The van der Waals surface area contributed by atoms with Gasteiger partial charge in [0.2, 0.25) is 11.8 Å². The predicted molar refractivity (Wildman–Crippen MR) is 175 cm³/mol. The lowest BCUT2D eigenvalue weighted by Gasteiger charge is -2.16. The van der Waals surface area contributed by atoms with E-state index >= 15 is 0 Å². The largest absolute Gasteiger partial charge is 0.321 e. The predicted octanol–water partition coefficient (Wildman–Crippen LogP) is 6.95. The second-order valence-electron chi connectivity index (χ2n) is 10.9. The Hall–Kier alpha value is -4.95. The quantitative estimate of drug-likeness (QED) is 0.159. The number of imide groups is 1. The van der Waals surface area contributed by atoms with Gasteiger partial charge in [-0.3, -0.25) is 19.2 Å². The highest BCUT2D eigenvalue weighted by molar-refractivity contribution is 8.00. The van der Waals surface area contributed by atoms with E-state index in [1.54, 1.807) is 54.6 Å². The summed E-state index contributed by atoms with van der Waals surface area (Å²) in [7, 11) is 0. The van der Waals surface area contributed by atoms with Gasteiger partial charge in [0.25, 0.3) is 11.8 Å². The maximum Gasteiger partial charge on any atom is 0.272 e.